The number of para-hydroxylation sites is 2. The SMILES string of the molecule is O=C(NCC1CCCC1CO)C1COc2ccccc2O1. The van der Waals surface area contributed by atoms with Crippen molar-refractivity contribution in [3.63, 3.8) is 0 Å². The molecular weight excluding hydrogens is 270 g/mol. The number of nitrogens with one attached hydrogen (secondary N) is 1. The number of benzene rings is 1. The molecule has 0 bridgehead atoms. The summed E-state index contributed by atoms with van der Waals surface area (Å²) in [7, 11) is 0. The molecule has 0 radical (unpaired) electrons. The maximum atomic E-state index is 12.2. The molecule has 3 atom stereocenters. The van der Waals surface area contributed by atoms with Crippen LogP contribution in [0.1, 0.15) is 19.3 Å². The summed E-state index contributed by atoms with van der Waals surface area (Å²) < 4.78 is 11.2. The van der Waals surface area contributed by atoms with Gasteiger partial charge in [-0.2, -0.15) is 0 Å². The topological polar surface area (TPSA) is 67.8 Å². The molecule has 1 heterocycles. The summed E-state index contributed by atoms with van der Waals surface area (Å²) in [6, 6.07) is 7.35. The van der Waals surface area contributed by atoms with E-state index in [0.29, 0.717) is 29.9 Å². The summed E-state index contributed by atoms with van der Waals surface area (Å²) in [5, 5.41) is 12.2. The lowest BCUT2D eigenvalue weighted by Crippen LogP contribution is -2.45. The van der Waals surface area contributed by atoms with Crippen molar-refractivity contribution in [3.8, 4) is 11.5 Å². The van der Waals surface area contributed by atoms with Gasteiger partial charge < -0.3 is 19.9 Å². The molecule has 21 heavy (non-hydrogen) atoms. The summed E-state index contributed by atoms with van der Waals surface area (Å²) >= 11 is 0. The van der Waals surface area contributed by atoms with E-state index in [0.717, 1.165) is 19.3 Å². The van der Waals surface area contributed by atoms with Crippen molar-refractivity contribution in [2.24, 2.45) is 11.8 Å². The van der Waals surface area contributed by atoms with E-state index in [4.69, 9.17) is 9.47 Å². The minimum atomic E-state index is -0.603. The first-order valence-electron chi connectivity index (χ1n) is 7.55. The Morgan fingerprint density at radius 3 is 2.81 bits per heavy atom. The number of fused-ring (bicyclic) bond motifs is 1. The summed E-state index contributed by atoms with van der Waals surface area (Å²) in [4.78, 5) is 12.2. The molecule has 5 heteroatoms. The van der Waals surface area contributed by atoms with E-state index in [1.165, 1.54) is 0 Å². The van der Waals surface area contributed by atoms with E-state index in [2.05, 4.69) is 5.32 Å². The normalized spacial score (nSPS) is 27.4. The number of carbonyl (C=O) groups excluding carboxylic acids is 1. The standard InChI is InChI=1S/C16H21NO4/c18-9-12-5-3-4-11(12)8-17-16(19)15-10-20-13-6-1-2-7-14(13)21-15/h1-2,6-7,11-12,15,18H,3-5,8-10H2,(H,17,19). The van der Waals surface area contributed by atoms with Gasteiger partial charge >= 0.3 is 0 Å². The van der Waals surface area contributed by atoms with E-state index in [-0.39, 0.29) is 19.1 Å². The molecule has 114 valence electrons. The molecule has 1 saturated carbocycles. The molecule has 5 nitrogen and oxygen atoms in total. The van der Waals surface area contributed by atoms with Crippen molar-refractivity contribution in [2.75, 3.05) is 19.8 Å². The number of rotatable bonds is 4. The van der Waals surface area contributed by atoms with Gasteiger partial charge in [0.2, 0.25) is 6.10 Å². The van der Waals surface area contributed by atoms with Crippen LogP contribution in [0.5, 0.6) is 11.5 Å². The minimum absolute atomic E-state index is 0.145. The number of aliphatic hydroxyl groups is 1. The second-order valence-electron chi connectivity index (χ2n) is 5.74. The molecule has 1 aliphatic heterocycles. The van der Waals surface area contributed by atoms with Crippen LogP contribution < -0.4 is 14.8 Å². The number of aliphatic hydroxyl groups excluding tert-OH is 1. The van der Waals surface area contributed by atoms with E-state index in [9.17, 15) is 9.90 Å². The molecule has 3 unspecified atom stereocenters. The van der Waals surface area contributed by atoms with Crippen molar-refractivity contribution < 1.29 is 19.4 Å². The zero-order chi connectivity index (χ0) is 14.7. The third-order valence-electron chi connectivity index (χ3n) is 4.39. The number of ether oxygens (including phenoxy) is 2. The largest absolute Gasteiger partial charge is 0.485 e. The van der Waals surface area contributed by atoms with Crippen molar-refractivity contribution in [1.29, 1.82) is 0 Å². The van der Waals surface area contributed by atoms with Crippen molar-refractivity contribution in [3.05, 3.63) is 24.3 Å². The summed E-state index contributed by atoms with van der Waals surface area (Å²) in [6.07, 6.45) is 2.64. The van der Waals surface area contributed by atoms with E-state index in [1.807, 2.05) is 18.2 Å². The Hall–Kier alpha value is -1.75. The molecule has 1 aromatic rings. The Morgan fingerprint density at radius 2 is 2.00 bits per heavy atom. The van der Waals surface area contributed by atoms with Crippen LogP contribution in [0.4, 0.5) is 0 Å². The van der Waals surface area contributed by atoms with Crippen molar-refractivity contribution in [1.82, 2.24) is 5.32 Å². The second-order valence-corrected chi connectivity index (χ2v) is 5.74. The summed E-state index contributed by atoms with van der Waals surface area (Å²) in [5.41, 5.74) is 0. The smallest absolute Gasteiger partial charge is 0.264 e. The van der Waals surface area contributed by atoms with Crippen LogP contribution in [-0.4, -0.2) is 36.9 Å². The van der Waals surface area contributed by atoms with E-state index in [1.54, 1.807) is 6.07 Å². The zero-order valence-corrected chi connectivity index (χ0v) is 12.0. The predicted octanol–water partition coefficient (Wildman–Crippen LogP) is 1.35. The first kappa shape index (κ1) is 14.2. The van der Waals surface area contributed by atoms with Crippen LogP contribution in [0.2, 0.25) is 0 Å². The lowest BCUT2D eigenvalue weighted by molar-refractivity contribution is -0.130. The molecule has 1 amide bonds. The van der Waals surface area contributed by atoms with Crippen LogP contribution in [0, 0.1) is 11.8 Å². The maximum absolute atomic E-state index is 12.2. The number of hydrogen-bond acceptors (Lipinski definition) is 4. The Morgan fingerprint density at radius 1 is 1.24 bits per heavy atom. The van der Waals surface area contributed by atoms with Gasteiger partial charge in [-0.3, -0.25) is 4.79 Å². The van der Waals surface area contributed by atoms with Gasteiger partial charge in [0.1, 0.15) is 6.61 Å². The van der Waals surface area contributed by atoms with E-state index >= 15 is 0 Å². The highest BCUT2D eigenvalue weighted by Gasteiger charge is 2.30. The molecular formula is C16H21NO4. The maximum Gasteiger partial charge on any atom is 0.264 e. The van der Waals surface area contributed by atoms with Crippen molar-refractivity contribution in [2.45, 2.75) is 25.4 Å². The first-order valence-corrected chi connectivity index (χ1v) is 7.55. The molecule has 1 aliphatic carbocycles. The molecule has 0 aromatic heterocycles. The van der Waals surface area contributed by atoms with Crippen LogP contribution in [-0.2, 0) is 4.79 Å². The Labute approximate surface area is 124 Å². The third-order valence-corrected chi connectivity index (χ3v) is 4.39. The van der Waals surface area contributed by atoms with E-state index < -0.39 is 6.10 Å². The monoisotopic (exact) mass is 291 g/mol. The molecule has 3 rings (SSSR count). The van der Waals surface area contributed by atoms with Crippen LogP contribution in [0.3, 0.4) is 0 Å². The third kappa shape index (κ3) is 3.13. The van der Waals surface area contributed by atoms with Gasteiger partial charge in [-0.25, -0.2) is 0 Å². The highest BCUT2D eigenvalue weighted by molar-refractivity contribution is 5.81. The van der Waals surface area contributed by atoms with Gasteiger partial charge in [0.15, 0.2) is 11.5 Å². The highest BCUT2D eigenvalue weighted by Crippen LogP contribution is 2.32. The molecule has 1 fully saturated rings. The van der Waals surface area contributed by atoms with Gasteiger partial charge in [-0.15, -0.1) is 0 Å². The Bertz CT molecular complexity index is 505. The fourth-order valence-corrected chi connectivity index (χ4v) is 3.12. The molecule has 1 aromatic carbocycles. The van der Waals surface area contributed by atoms with Gasteiger partial charge in [-0.1, -0.05) is 18.6 Å². The fraction of sp³-hybridized carbons (Fsp3) is 0.562. The molecule has 2 aliphatic rings. The lowest BCUT2D eigenvalue weighted by Gasteiger charge is -2.26. The number of carbonyl (C=O) groups is 1. The Balaban J connectivity index is 1.52. The Kier molecular flexibility index (Phi) is 4.29. The second kappa shape index (κ2) is 6.35. The van der Waals surface area contributed by atoms with Gasteiger partial charge in [0.05, 0.1) is 0 Å². The van der Waals surface area contributed by atoms with Gasteiger partial charge in [0, 0.05) is 13.2 Å². The molecule has 0 saturated heterocycles. The fourth-order valence-electron chi connectivity index (χ4n) is 3.12. The van der Waals surface area contributed by atoms with Gasteiger partial charge in [-0.05, 0) is 36.8 Å². The summed E-state index contributed by atoms with van der Waals surface area (Å²) in [5.74, 6) is 1.83. The van der Waals surface area contributed by atoms with Crippen molar-refractivity contribution >= 4 is 5.91 Å². The minimum Gasteiger partial charge on any atom is -0.485 e. The predicted molar refractivity (Wildman–Crippen MR) is 77.3 cm³/mol. The number of hydrogen-bond donors (Lipinski definition) is 2. The molecule has 0 spiro atoms. The average Bonchev–Trinajstić information content (AvgIpc) is 2.99. The lowest BCUT2D eigenvalue weighted by atomic mass is 9.97. The average molecular weight is 291 g/mol. The highest BCUT2D eigenvalue weighted by atomic mass is 16.6. The van der Waals surface area contributed by atoms with Crippen LogP contribution in [0.25, 0.3) is 0 Å². The quantitative estimate of drug-likeness (QED) is 0.879. The summed E-state index contributed by atoms with van der Waals surface area (Å²) in [6.45, 7) is 1.04. The van der Waals surface area contributed by atoms with Crippen LogP contribution in [0.15, 0.2) is 24.3 Å². The van der Waals surface area contributed by atoms with Crippen LogP contribution >= 0.6 is 0 Å². The first-order chi connectivity index (χ1) is 10.3. The van der Waals surface area contributed by atoms with Gasteiger partial charge in [0.25, 0.3) is 5.91 Å². The number of amides is 1. The molecule has 2 N–H and O–H groups in total. The zero-order valence-electron chi connectivity index (χ0n) is 12.0.